The summed E-state index contributed by atoms with van der Waals surface area (Å²) >= 11 is 1.71. The normalized spacial score (nSPS) is 21.3. The van der Waals surface area contributed by atoms with Crippen molar-refractivity contribution in [2.75, 3.05) is 44.7 Å². The van der Waals surface area contributed by atoms with Crippen molar-refractivity contribution in [1.82, 2.24) is 14.9 Å². The van der Waals surface area contributed by atoms with E-state index in [1.165, 1.54) is 48.9 Å². The minimum atomic E-state index is 0.430. The van der Waals surface area contributed by atoms with E-state index in [1.54, 1.807) is 17.7 Å². The summed E-state index contributed by atoms with van der Waals surface area (Å²) in [7, 11) is 1.84. The molecule has 1 atom stereocenters. The number of thiophene rings is 1. The molecule has 5 rings (SSSR count). The number of methoxy groups -OCH3 is 1. The molecule has 3 aromatic rings. The van der Waals surface area contributed by atoms with Crippen LogP contribution in [0.3, 0.4) is 0 Å². The van der Waals surface area contributed by atoms with Crippen molar-refractivity contribution < 1.29 is 4.74 Å². The predicted molar refractivity (Wildman–Crippen MR) is 120 cm³/mol. The molecule has 1 unspecified atom stereocenters. The van der Waals surface area contributed by atoms with Gasteiger partial charge in [0.2, 0.25) is 0 Å². The van der Waals surface area contributed by atoms with Gasteiger partial charge in [0.1, 0.15) is 17.0 Å². The summed E-state index contributed by atoms with van der Waals surface area (Å²) < 4.78 is 5.52. The van der Waals surface area contributed by atoms with E-state index in [2.05, 4.69) is 50.5 Å². The fraction of sp³-hybridized carbons (Fsp3) is 0.478. The van der Waals surface area contributed by atoms with E-state index in [9.17, 15) is 0 Å². The SMILES string of the molecule is COC1CCN(CC2CCN(c3ncnc4scc(-c5ccccc5)c34)CC2)C1. The Bertz CT molecular complexity index is 952. The van der Waals surface area contributed by atoms with Crippen LogP contribution in [0.2, 0.25) is 0 Å². The molecular weight excluding hydrogens is 380 g/mol. The second-order valence-corrected chi connectivity index (χ2v) is 9.09. The molecule has 0 bridgehead atoms. The molecule has 2 aliphatic heterocycles. The topological polar surface area (TPSA) is 41.5 Å². The van der Waals surface area contributed by atoms with Gasteiger partial charge in [0, 0.05) is 50.8 Å². The fourth-order valence-electron chi connectivity index (χ4n) is 4.78. The smallest absolute Gasteiger partial charge is 0.141 e. The van der Waals surface area contributed by atoms with Crippen LogP contribution in [-0.2, 0) is 4.74 Å². The lowest BCUT2D eigenvalue weighted by atomic mass is 9.96. The third kappa shape index (κ3) is 3.89. The van der Waals surface area contributed by atoms with Crippen LogP contribution in [0.25, 0.3) is 21.3 Å². The van der Waals surface area contributed by atoms with Gasteiger partial charge in [-0.15, -0.1) is 11.3 Å². The van der Waals surface area contributed by atoms with Crippen LogP contribution >= 0.6 is 11.3 Å². The van der Waals surface area contributed by atoms with E-state index >= 15 is 0 Å². The number of piperidine rings is 1. The molecule has 29 heavy (non-hydrogen) atoms. The molecule has 6 heteroatoms. The number of hydrogen-bond acceptors (Lipinski definition) is 6. The van der Waals surface area contributed by atoms with Gasteiger partial charge in [-0.05, 0) is 30.7 Å². The van der Waals surface area contributed by atoms with Crippen LogP contribution < -0.4 is 4.90 Å². The van der Waals surface area contributed by atoms with E-state index in [0.29, 0.717) is 6.10 Å². The zero-order valence-electron chi connectivity index (χ0n) is 17.0. The zero-order valence-corrected chi connectivity index (χ0v) is 17.8. The van der Waals surface area contributed by atoms with Crippen LogP contribution in [0.5, 0.6) is 0 Å². The molecule has 2 saturated heterocycles. The quantitative estimate of drug-likeness (QED) is 0.630. The molecule has 2 aromatic heterocycles. The molecule has 0 spiro atoms. The molecule has 0 radical (unpaired) electrons. The highest BCUT2D eigenvalue weighted by Gasteiger charge is 2.28. The number of rotatable bonds is 5. The summed E-state index contributed by atoms with van der Waals surface area (Å²) in [4.78, 5) is 15.4. The molecule has 0 aliphatic carbocycles. The van der Waals surface area contributed by atoms with Crippen molar-refractivity contribution in [3.63, 3.8) is 0 Å². The molecule has 2 fully saturated rings. The second-order valence-electron chi connectivity index (χ2n) is 8.23. The van der Waals surface area contributed by atoms with Crippen molar-refractivity contribution in [3.05, 3.63) is 42.0 Å². The highest BCUT2D eigenvalue weighted by atomic mass is 32.1. The van der Waals surface area contributed by atoms with E-state index in [-0.39, 0.29) is 0 Å². The molecule has 0 N–H and O–H groups in total. The van der Waals surface area contributed by atoms with Crippen LogP contribution in [-0.4, -0.2) is 60.8 Å². The maximum absolute atomic E-state index is 5.52. The van der Waals surface area contributed by atoms with Gasteiger partial charge in [0.25, 0.3) is 0 Å². The van der Waals surface area contributed by atoms with Crippen molar-refractivity contribution in [1.29, 1.82) is 0 Å². The average molecular weight is 409 g/mol. The number of fused-ring (bicyclic) bond motifs is 1. The third-order valence-electron chi connectivity index (χ3n) is 6.43. The molecule has 0 saturated carbocycles. The number of hydrogen-bond donors (Lipinski definition) is 0. The standard InChI is InChI=1S/C23H28N4OS/c1-28-19-9-10-26(14-19)13-17-7-11-27(12-8-17)22-21-20(18-5-3-2-4-6-18)15-29-23(21)25-16-24-22/h2-6,15-17,19H,7-14H2,1H3. The highest BCUT2D eigenvalue weighted by molar-refractivity contribution is 7.17. The van der Waals surface area contributed by atoms with Gasteiger partial charge in [-0.3, -0.25) is 0 Å². The van der Waals surface area contributed by atoms with E-state index in [0.717, 1.165) is 36.2 Å². The lowest BCUT2D eigenvalue weighted by Crippen LogP contribution is -2.39. The monoisotopic (exact) mass is 408 g/mol. The van der Waals surface area contributed by atoms with Gasteiger partial charge in [-0.25, -0.2) is 9.97 Å². The van der Waals surface area contributed by atoms with Crippen molar-refractivity contribution in [2.45, 2.75) is 25.4 Å². The van der Waals surface area contributed by atoms with Crippen LogP contribution in [0.4, 0.5) is 5.82 Å². The maximum Gasteiger partial charge on any atom is 0.141 e. The number of benzene rings is 1. The van der Waals surface area contributed by atoms with Gasteiger partial charge in [0.05, 0.1) is 11.5 Å². The minimum absolute atomic E-state index is 0.430. The predicted octanol–water partition coefficient (Wildman–Crippen LogP) is 4.30. The van der Waals surface area contributed by atoms with E-state index in [1.807, 2.05) is 7.11 Å². The molecule has 2 aliphatic rings. The number of ether oxygens (including phenoxy) is 1. The molecule has 5 nitrogen and oxygen atoms in total. The van der Waals surface area contributed by atoms with Crippen LogP contribution in [0.15, 0.2) is 42.0 Å². The van der Waals surface area contributed by atoms with Crippen molar-refractivity contribution in [3.8, 4) is 11.1 Å². The van der Waals surface area contributed by atoms with E-state index in [4.69, 9.17) is 9.72 Å². The number of likely N-dealkylation sites (tertiary alicyclic amines) is 1. The van der Waals surface area contributed by atoms with Gasteiger partial charge in [-0.2, -0.15) is 0 Å². The molecular formula is C23H28N4OS. The Morgan fingerprint density at radius 3 is 2.66 bits per heavy atom. The van der Waals surface area contributed by atoms with E-state index < -0.39 is 0 Å². The van der Waals surface area contributed by atoms with Crippen LogP contribution in [0.1, 0.15) is 19.3 Å². The Kier molecular flexibility index (Phi) is 5.48. The molecule has 152 valence electrons. The van der Waals surface area contributed by atoms with Gasteiger partial charge in [0.15, 0.2) is 0 Å². The molecule has 1 aromatic carbocycles. The van der Waals surface area contributed by atoms with Gasteiger partial charge < -0.3 is 14.5 Å². The first-order chi connectivity index (χ1) is 14.3. The summed E-state index contributed by atoms with van der Waals surface area (Å²) in [5.41, 5.74) is 2.50. The summed E-state index contributed by atoms with van der Waals surface area (Å²) in [5, 5.41) is 3.44. The van der Waals surface area contributed by atoms with Crippen molar-refractivity contribution >= 4 is 27.4 Å². The third-order valence-corrected chi connectivity index (χ3v) is 7.31. The lowest BCUT2D eigenvalue weighted by molar-refractivity contribution is 0.105. The second kappa shape index (κ2) is 8.38. The summed E-state index contributed by atoms with van der Waals surface area (Å²) in [6, 6.07) is 10.6. The Labute approximate surface area is 176 Å². The van der Waals surface area contributed by atoms with Crippen LogP contribution in [0, 0.1) is 5.92 Å². The first-order valence-corrected chi connectivity index (χ1v) is 11.5. The van der Waals surface area contributed by atoms with Gasteiger partial charge in [-0.1, -0.05) is 30.3 Å². The zero-order chi connectivity index (χ0) is 19.6. The Morgan fingerprint density at radius 2 is 1.90 bits per heavy atom. The Balaban J connectivity index is 1.32. The summed E-state index contributed by atoms with van der Waals surface area (Å²) in [6.07, 6.45) is 5.78. The summed E-state index contributed by atoms with van der Waals surface area (Å²) in [6.45, 7) is 5.63. The Morgan fingerprint density at radius 1 is 1.07 bits per heavy atom. The van der Waals surface area contributed by atoms with Gasteiger partial charge >= 0.3 is 0 Å². The summed E-state index contributed by atoms with van der Waals surface area (Å²) in [5.74, 6) is 1.88. The molecule has 4 heterocycles. The molecule has 0 amide bonds. The maximum atomic E-state index is 5.52. The minimum Gasteiger partial charge on any atom is -0.380 e. The highest BCUT2D eigenvalue weighted by Crippen LogP contribution is 2.38. The Hall–Kier alpha value is -2.02. The largest absolute Gasteiger partial charge is 0.380 e. The number of anilines is 1. The number of aromatic nitrogens is 2. The lowest BCUT2D eigenvalue weighted by Gasteiger charge is -2.35. The average Bonchev–Trinajstić information content (AvgIpc) is 3.42. The fourth-order valence-corrected chi connectivity index (χ4v) is 5.69. The van der Waals surface area contributed by atoms with Crippen molar-refractivity contribution in [2.24, 2.45) is 5.92 Å². The first-order valence-electron chi connectivity index (χ1n) is 10.6. The first kappa shape index (κ1) is 19.0. The number of nitrogens with zero attached hydrogens (tertiary/aromatic N) is 4.